The second kappa shape index (κ2) is 7.88. The summed E-state index contributed by atoms with van der Waals surface area (Å²) in [5, 5.41) is 2.68. The van der Waals surface area contributed by atoms with Crippen molar-refractivity contribution in [2.24, 2.45) is 0 Å². The summed E-state index contributed by atoms with van der Waals surface area (Å²) in [6.07, 6.45) is 0.523. The molecule has 0 aliphatic rings. The molecule has 0 fully saturated rings. The molecule has 6 nitrogen and oxygen atoms in total. The van der Waals surface area contributed by atoms with Crippen LogP contribution in [0.1, 0.15) is 26.3 Å². The second-order valence-corrected chi connectivity index (χ2v) is 8.51. The highest BCUT2D eigenvalue weighted by molar-refractivity contribution is 7.85. The van der Waals surface area contributed by atoms with Crippen LogP contribution in [0.25, 0.3) is 11.1 Å². The topological polar surface area (TPSA) is 81.7 Å². The highest BCUT2D eigenvalue weighted by Gasteiger charge is 2.16. The van der Waals surface area contributed by atoms with E-state index in [-0.39, 0.29) is 6.61 Å². The van der Waals surface area contributed by atoms with Gasteiger partial charge in [0.2, 0.25) is 0 Å². The molecule has 0 radical (unpaired) electrons. The number of rotatable bonds is 5. The first-order valence-corrected chi connectivity index (χ1v) is 9.87. The lowest BCUT2D eigenvalue weighted by Gasteiger charge is -2.19. The van der Waals surface area contributed by atoms with Crippen molar-refractivity contribution >= 4 is 21.9 Å². The van der Waals surface area contributed by atoms with Crippen LogP contribution in [-0.4, -0.2) is 26.4 Å². The summed E-state index contributed by atoms with van der Waals surface area (Å²) in [4.78, 5) is 11.8. The van der Waals surface area contributed by atoms with Crippen LogP contribution in [0, 0.1) is 0 Å². The molecule has 0 spiro atoms. The lowest BCUT2D eigenvalue weighted by Crippen LogP contribution is -2.27. The van der Waals surface area contributed by atoms with Crippen molar-refractivity contribution in [2.75, 3.05) is 11.6 Å². The largest absolute Gasteiger partial charge is 0.444 e. The van der Waals surface area contributed by atoms with Gasteiger partial charge in [0.15, 0.2) is 0 Å². The fourth-order valence-electron chi connectivity index (χ4n) is 2.14. The smallest absolute Gasteiger partial charge is 0.412 e. The molecule has 0 aliphatic carbocycles. The number of carbonyl (C=O) groups is 1. The normalized spacial score (nSPS) is 11.8. The number of ether oxygens (including phenoxy) is 1. The van der Waals surface area contributed by atoms with Gasteiger partial charge in [0, 0.05) is 5.69 Å². The SMILES string of the molecule is CC(C)(C)OC(=O)Nc1ccc(-c2ccc(COS(C)(=O)=O)cc2)cc1. The maximum absolute atomic E-state index is 11.8. The molecule has 0 saturated heterocycles. The molecule has 2 aromatic carbocycles. The van der Waals surface area contributed by atoms with Gasteiger partial charge in [-0.1, -0.05) is 36.4 Å². The monoisotopic (exact) mass is 377 g/mol. The third-order valence-electron chi connectivity index (χ3n) is 3.26. The van der Waals surface area contributed by atoms with E-state index in [9.17, 15) is 13.2 Å². The molecule has 140 valence electrons. The minimum absolute atomic E-state index is 0.0118. The molecule has 0 aromatic heterocycles. The number of hydrogen-bond acceptors (Lipinski definition) is 5. The van der Waals surface area contributed by atoms with E-state index in [0.29, 0.717) is 5.69 Å². The summed E-state index contributed by atoms with van der Waals surface area (Å²) in [6, 6.07) is 14.7. The molecule has 1 N–H and O–H groups in total. The minimum atomic E-state index is -3.46. The predicted molar refractivity (Wildman–Crippen MR) is 101 cm³/mol. The van der Waals surface area contributed by atoms with Gasteiger partial charge in [-0.15, -0.1) is 0 Å². The van der Waals surface area contributed by atoms with E-state index in [2.05, 4.69) is 5.32 Å². The van der Waals surface area contributed by atoms with Crippen molar-refractivity contribution in [2.45, 2.75) is 33.0 Å². The molecule has 0 atom stereocenters. The molecular weight excluding hydrogens is 354 g/mol. The Morgan fingerprint density at radius 2 is 1.46 bits per heavy atom. The third kappa shape index (κ3) is 6.85. The average Bonchev–Trinajstić information content (AvgIpc) is 2.52. The first-order valence-electron chi connectivity index (χ1n) is 8.06. The van der Waals surface area contributed by atoms with Crippen LogP contribution in [-0.2, 0) is 25.6 Å². The Morgan fingerprint density at radius 1 is 0.962 bits per heavy atom. The van der Waals surface area contributed by atoms with Crippen LogP contribution in [0.4, 0.5) is 10.5 Å². The first-order chi connectivity index (χ1) is 12.0. The van der Waals surface area contributed by atoms with Crippen molar-refractivity contribution in [3.05, 3.63) is 54.1 Å². The fourth-order valence-corrected chi connectivity index (χ4v) is 2.49. The number of anilines is 1. The molecule has 1 amide bonds. The van der Waals surface area contributed by atoms with Crippen LogP contribution >= 0.6 is 0 Å². The quantitative estimate of drug-likeness (QED) is 0.791. The average molecular weight is 377 g/mol. The van der Waals surface area contributed by atoms with Crippen molar-refractivity contribution in [3.63, 3.8) is 0 Å². The van der Waals surface area contributed by atoms with Crippen LogP contribution in [0.15, 0.2) is 48.5 Å². The van der Waals surface area contributed by atoms with E-state index in [1.54, 1.807) is 32.9 Å². The molecule has 0 unspecified atom stereocenters. The maximum atomic E-state index is 11.8. The Morgan fingerprint density at radius 3 is 1.92 bits per heavy atom. The highest BCUT2D eigenvalue weighted by atomic mass is 32.2. The summed E-state index contributed by atoms with van der Waals surface area (Å²) in [7, 11) is -3.46. The number of nitrogens with one attached hydrogen (secondary N) is 1. The van der Waals surface area contributed by atoms with Gasteiger partial charge in [0.1, 0.15) is 5.60 Å². The van der Waals surface area contributed by atoms with Crippen LogP contribution < -0.4 is 5.32 Å². The molecule has 2 aromatic rings. The van der Waals surface area contributed by atoms with Gasteiger partial charge >= 0.3 is 6.09 Å². The Bertz CT molecular complexity index is 850. The Labute approximate surface area is 154 Å². The second-order valence-electron chi connectivity index (χ2n) is 6.87. The van der Waals surface area contributed by atoms with E-state index in [1.807, 2.05) is 36.4 Å². The molecular formula is C19H23NO5S. The first kappa shape index (κ1) is 19.9. The van der Waals surface area contributed by atoms with Crippen molar-refractivity contribution in [1.82, 2.24) is 0 Å². The molecule has 0 heterocycles. The van der Waals surface area contributed by atoms with E-state index < -0.39 is 21.8 Å². The van der Waals surface area contributed by atoms with Crippen LogP contribution in [0.3, 0.4) is 0 Å². The van der Waals surface area contributed by atoms with E-state index >= 15 is 0 Å². The van der Waals surface area contributed by atoms with E-state index in [4.69, 9.17) is 8.92 Å². The van der Waals surface area contributed by atoms with Gasteiger partial charge in [0.05, 0.1) is 12.9 Å². The number of hydrogen-bond donors (Lipinski definition) is 1. The highest BCUT2D eigenvalue weighted by Crippen LogP contribution is 2.22. The zero-order valence-electron chi connectivity index (χ0n) is 15.3. The Hall–Kier alpha value is -2.38. The fraction of sp³-hybridized carbons (Fsp3) is 0.316. The lowest BCUT2D eigenvalue weighted by atomic mass is 10.0. The summed E-state index contributed by atoms with van der Waals surface area (Å²) < 4.78 is 32.0. The van der Waals surface area contributed by atoms with E-state index in [0.717, 1.165) is 22.9 Å². The summed E-state index contributed by atoms with van der Waals surface area (Å²) in [5.74, 6) is 0. The van der Waals surface area contributed by atoms with Gasteiger partial charge in [-0.25, -0.2) is 4.79 Å². The number of amides is 1. The summed E-state index contributed by atoms with van der Waals surface area (Å²) in [6.45, 7) is 5.43. The number of carbonyl (C=O) groups excluding carboxylic acids is 1. The molecule has 0 saturated carbocycles. The third-order valence-corrected chi connectivity index (χ3v) is 3.80. The van der Waals surface area contributed by atoms with E-state index in [1.165, 1.54) is 0 Å². The minimum Gasteiger partial charge on any atom is -0.444 e. The number of benzene rings is 2. The zero-order chi connectivity index (χ0) is 19.4. The zero-order valence-corrected chi connectivity index (χ0v) is 16.1. The van der Waals surface area contributed by atoms with Gasteiger partial charge < -0.3 is 4.74 Å². The molecule has 7 heteroatoms. The molecule has 26 heavy (non-hydrogen) atoms. The Kier molecular flexibility index (Phi) is 6.05. The molecule has 2 rings (SSSR count). The Balaban J connectivity index is 2.00. The summed E-state index contributed by atoms with van der Waals surface area (Å²) >= 11 is 0. The van der Waals surface area contributed by atoms with Crippen LogP contribution in [0.5, 0.6) is 0 Å². The summed E-state index contributed by atoms with van der Waals surface area (Å²) in [5.41, 5.74) is 2.79. The molecule has 0 aliphatic heterocycles. The van der Waals surface area contributed by atoms with Gasteiger partial charge in [0.25, 0.3) is 10.1 Å². The van der Waals surface area contributed by atoms with Crippen molar-refractivity contribution < 1.29 is 22.1 Å². The van der Waals surface area contributed by atoms with Gasteiger partial charge in [-0.05, 0) is 49.6 Å². The predicted octanol–water partition coefficient (Wildman–Crippen LogP) is 4.18. The van der Waals surface area contributed by atoms with Crippen molar-refractivity contribution in [1.29, 1.82) is 0 Å². The lowest BCUT2D eigenvalue weighted by molar-refractivity contribution is 0.0636. The molecule has 0 bridgehead atoms. The standard InChI is InChI=1S/C19H23NO5S/c1-19(2,3)25-18(21)20-17-11-9-16(10-12-17)15-7-5-14(6-8-15)13-24-26(4,22)23/h5-12H,13H2,1-4H3,(H,20,21). The van der Waals surface area contributed by atoms with Crippen molar-refractivity contribution in [3.8, 4) is 11.1 Å². The van der Waals surface area contributed by atoms with Gasteiger partial charge in [-0.2, -0.15) is 8.42 Å². The van der Waals surface area contributed by atoms with Crippen LogP contribution in [0.2, 0.25) is 0 Å². The maximum Gasteiger partial charge on any atom is 0.412 e. The van der Waals surface area contributed by atoms with Gasteiger partial charge in [-0.3, -0.25) is 9.50 Å².